The van der Waals surface area contributed by atoms with Crippen molar-refractivity contribution in [3.8, 4) is 0 Å². The minimum Gasteiger partial charge on any atom is -0.367 e. The molecule has 0 radical (unpaired) electrons. The van der Waals surface area contributed by atoms with Crippen molar-refractivity contribution < 1.29 is 0 Å². The normalized spacial score (nSPS) is 20.8. The van der Waals surface area contributed by atoms with Crippen molar-refractivity contribution >= 4 is 0 Å². The largest absolute Gasteiger partial charge is 0.367 e. The van der Waals surface area contributed by atoms with Crippen molar-refractivity contribution in [1.82, 2.24) is 14.8 Å². The van der Waals surface area contributed by atoms with E-state index in [0.717, 1.165) is 26.1 Å². The lowest BCUT2D eigenvalue weighted by atomic mass is 10.1. The van der Waals surface area contributed by atoms with E-state index in [9.17, 15) is 0 Å². The standard InChI is InChI=1S/C14H26N4/c1-13(14-4-6-16-12-14)18-9-3-8-17(10-11-18)7-2-5-15/h4,6,12-13,16H,2-3,5,7-11,15H2,1H3. The molecule has 0 aliphatic carbocycles. The molecule has 0 saturated carbocycles. The Balaban J connectivity index is 1.85. The van der Waals surface area contributed by atoms with Crippen LogP contribution in [0.4, 0.5) is 0 Å². The molecule has 2 rings (SSSR count). The minimum absolute atomic E-state index is 0.519. The molecule has 1 aromatic heterocycles. The van der Waals surface area contributed by atoms with Gasteiger partial charge in [-0.25, -0.2) is 0 Å². The molecule has 3 N–H and O–H groups in total. The van der Waals surface area contributed by atoms with E-state index >= 15 is 0 Å². The lowest BCUT2D eigenvalue weighted by Gasteiger charge is -2.27. The van der Waals surface area contributed by atoms with Crippen molar-refractivity contribution in [1.29, 1.82) is 0 Å². The van der Waals surface area contributed by atoms with Crippen LogP contribution in [0.2, 0.25) is 0 Å². The first-order valence-corrected chi connectivity index (χ1v) is 7.10. The number of nitrogens with one attached hydrogen (secondary N) is 1. The van der Waals surface area contributed by atoms with Crippen molar-refractivity contribution in [2.75, 3.05) is 39.3 Å². The zero-order chi connectivity index (χ0) is 12.8. The molecule has 4 nitrogen and oxygen atoms in total. The van der Waals surface area contributed by atoms with Crippen LogP contribution in [-0.2, 0) is 0 Å². The van der Waals surface area contributed by atoms with E-state index in [4.69, 9.17) is 5.73 Å². The van der Waals surface area contributed by atoms with Gasteiger partial charge in [0.25, 0.3) is 0 Å². The van der Waals surface area contributed by atoms with Crippen molar-refractivity contribution in [3.63, 3.8) is 0 Å². The summed E-state index contributed by atoms with van der Waals surface area (Å²) in [6, 6.07) is 2.70. The average Bonchev–Trinajstić information content (AvgIpc) is 2.82. The van der Waals surface area contributed by atoms with Gasteiger partial charge in [0.1, 0.15) is 0 Å². The molecule has 102 valence electrons. The topological polar surface area (TPSA) is 48.3 Å². The third-order valence-corrected chi connectivity index (χ3v) is 3.95. The quantitative estimate of drug-likeness (QED) is 0.831. The van der Waals surface area contributed by atoms with E-state index in [1.807, 2.05) is 6.20 Å². The number of hydrogen-bond donors (Lipinski definition) is 2. The van der Waals surface area contributed by atoms with Crippen molar-refractivity contribution in [2.45, 2.75) is 25.8 Å². The van der Waals surface area contributed by atoms with E-state index in [1.165, 1.54) is 31.6 Å². The Kier molecular flexibility index (Phi) is 5.23. The van der Waals surface area contributed by atoms with Crippen LogP contribution in [0.15, 0.2) is 18.5 Å². The van der Waals surface area contributed by atoms with E-state index < -0.39 is 0 Å². The number of aromatic amines is 1. The molecular formula is C14H26N4. The van der Waals surface area contributed by atoms with Gasteiger partial charge in [-0.3, -0.25) is 4.90 Å². The Morgan fingerprint density at radius 2 is 2.22 bits per heavy atom. The third kappa shape index (κ3) is 3.57. The molecule has 4 heteroatoms. The minimum atomic E-state index is 0.519. The van der Waals surface area contributed by atoms with E-state index in [1.54, 1.807) is 0 Å². The Hall–Kier alpha value is -0.840. The molecule has 0 spiro atoms. The van der Waals surface area contributed by atoms with E-state index in [-0.39, 0.29) is 0 Å². The number of hydrogen-bond acceptors (Lipinski definition) is 3. The number of nitrogens with zero attached hydrogens (tertiary/aromatic N) is 2. The summed E-state index contributed by atoms with van der Waals surface area (Å²) < 4.78 is 0. The van der Waals surface area contributed by atoms with Crippen LogP contribution in [0.25, 0.3) is 0 Å². The summed E-state index contributed by atoms with van der Waals surface area (Å²) in [5, 5.41) is 0. The summed E-state index contributed by atoms with van der Waals surface area (Å²) >= 11 is 0. The molecule has 0 aromatic carbocycles. The highest BCUT2D eigenvalue weighted by molar-refractivity contribution is 5.13. The maximum atomic E-state index is 5.58. The zero-order valence-corrected chi connectivity index (χ0v) is 11.4. The lowest BCUT2D eigenvalue weighted by molar-refractivity contribution is 0.210. The molecule has 1 aliphatic heterocycles. The predicted octanol–water partition coefficient (Wildman–Crippen LogP) is 1.43. The fraction of sp³-hybridized carbons (Fsp3) is 0.714. The lowest BCUT2D eigenvalue weighted by Crippen LogP contribution is -2.33. The molecule has 1 aromatic rings. The molecule has 1 saturated heterocycles. The molecule has 18 heavy (non-hydrogen) atoms. The molecule has 1 fully saturated rings. The second-order valence-corrected chi connectivity index (χ2v) is 5.19. The molecule has 2 heterocycles. The fourth-order valence-electron chi connectivity index (χ4n) is 2.72. The van der Waals surface area contributed by atoms with Crippen LogP contribution in [0.5, 0.6) is 0 Å². The van der Waals surface area contributed by atoms with Gasteiger partial charge >= 0.3 is 0 Å². The first kappa shape index (κ1) is 13.6. The van der Waals surface area contributed by atoms with Gasteiger partial charge in [-0.05, 0) is 51.0 Å². The van der Waals surface area contributed by atoms with E-state index in [0.29, 0.717) is 6.04 Å². The summed E-state index contributed by atoms with van der Waals surface area (Å²) in [4.78, 5) is 8.29. The third-order valence-electron chi connectivity index (χ3n) is 3.95. The van der Waals surface area contributed by atoms with Gasteiger partial charge in [-0.1, -0.05) is 0 Å². The van der Waals surface area contributed by atoms with Crippen LogP contribution in [-0.4, -0.2) is 54.1 Å². The van der Waals surface area contributed by atoms with Crippen LogP contribution < -0.4 is 5.73 Å². The van der Waals surface area contributed by atoms with E-state index in [2.05, 4.69) is 34.0 Å². The van der Waals surface area contributed by atoms with Gasteiger partial charge in [0.2, 0.25) is 0 Å². The van der Waals surface area contributed by atoms with Crippen molar-refractivity contribution in [2.24, 2.45) is 5.73 Å². The van der Waals surface area contributed by atoms with Crippen LogP contribution in [0.1, 0.15) is 31.4 Å². The zero-order valence-electron chi connectivity index (χ0n) is 11.4. The maximum absolute atomic E-state index is 5.58. The summed E-state index contributed by atoms with van der Waals surface area (Å²) in [7, 11) is 0. The van der Waals surface area contributed by atoms with Gasteiger partial charge in [-0.2, -0.15) is 0 Å². The predicted molar refractivity (Wildman–Crippen MR) is 75.5 cm³/mol. The summed E-state index contributed by atoms with van der Waals surface area (Å²) in [6.45, 7) is 9.02. The average molecular weight is 250 g/mol. The van der Waals surface area contributed by atoms with Crippen LogP contribution >= 0.6 is 0 Å². The number of nitrogens with two attached hydrogens (primary N) is 1. The van der Waals surface area contributed by atoms with Gasteiger partial charge in [0.05, 0.1) is 0 Å². The first-order chi connectivity index (χ1) is 8.81. The second-order valence-electron chi connectivity index (χ2n) is 5.19. The second kappa shape index (κ2) is 6.92. The van der Waals surface area contributed by atoms with Gasteiger partial charge < -0.3 is 15.6 Å². The highest BCUT2D eigenvalue weighted by Crippen LogP contribution is 2.20. The molecule has 0 amide bonds. The Bertz CT molecular complexity index is 323. The first-order valence-electron chi connectivity index (χ1n) is 7.10. The molecule has 1 unspecified atom stereocenters. The summed E-state index contributed by atoms with van der Waals surface area (Å²) in [6.07, 6.45) is 6.51. The van der Waals surface area contributed by atoms with Gasteiger partial charge in [0.15, 0.2) is 0 Å². The number of aromatic nitrogens is 1. The molecule has 0 bridgehead atoms. The van der Waals surface area contributed by atoms with Crippen LogP contribution in [0, 0.1) is 0 Å². The SMILES string of the molecule is CC(c1cc[nH]c1)N1CCCN(CCCN)CC1. The smallest absolute Gasteiger partial charge is 0.0335 e. The highest BCUT2D eigenvalue weighted by Gasteiger charge is 2.19. The monoisotopic (exact) mass is 250 g/mol. The van der Waals surface area contributed by atoms with Gasteiger partial charge in [0, 0.05) is 38.1 Å². The van der Waals surface area contributed by atoms with Crippen LogP contribution in [0.3, 0.4) is 0 Å². The maximum Gasteiger partial charge on any atom is 0.0335 e. The van der Waals surface area contributed by atoms with Crippen molar-refractivity contribution in [3.05, 3.63) is 24.0 Å². The Morgan fingerprint density at radius 1 is 1.33 bits per heavy atom. The highest BCUT2D eigenvalue weighted by atomic mass is 15.2. The fourth-order valence-corrected chi connectivity index (χ4v) is 2.72. The number of rotatable bonds is 5. The molecule has 1 atom stereocenters. The number of H-pyrrole nitrogens is 1. The molecule has 1 aliphatic rings. The Morgan fingerprint density at radius 3 is 2.94 bits per heavy atom. The summed E-state index contributed by atoms with van der Waals surface area (Å²) in [5.41, 5.74) is 6.98. The summed E-state index contributed by atoms with van der Waals surface area (Å²) in [5.74, 6) is 0. The molecular weight excluding hydrogens is 224 g/mol. The van der Waals surface area contributed by atoms with Gasteiger partial charge in [-0.15, -0.1) is 0 Å². The Labute approximate surface area is 110 Å².